The molecule has 0 fully saturated rings. The van der Waals surface area contributed by atoms with Crippen molar-refractivity contribution in [3.63, 3.8) is 0 Å². The first-order chi connectivity index (χ1) is 21.5. The van der Waals surface area contributed by atoms with Crippen molar-refractivity contribution in [3.8, 4) is 22.9 Å². The van der Waals surface area contributed by atoms with Gasteiger partial charge < -0.3 is 14.8 Å². The molecule has 0 bridgehead atoms. The molecule has 0 aliphatic rings. The van der Waals surface area contributed by atoms with Crippen LogP contribution in [0.25, 0.3) is 22.3 Å². The number of ether oxygens (including phenoxy) is 2. The molecule has 1 N–H and O–H groups in total. The number of carbonyl (C=O) groups excluding carboxylic acids is 1. The number of nitrogens with zero attached hydrogens (tertiary/aromatic N) is 3. The van der Waals surface area contributed by atoms with Gasteiger partial charge in [0.1, 0.15) is 11.5 Å². The van der Waals surface area contributed by atoms with Crippen LogP contribution in [0.3, 0.4) is 0 Å². The number of carbonyl (C=O) groups is 1. The number of rotatable bonds is 9. The summed E-state index contributed by atoms with van der Waals surface area (Å²) in [7, 11) is 1.65. The van der Waals surface area contributed by atoms with Crippen molar-refractivity contribution in [1.82, 2.24) is 9.66 Å². The van der Waals surface area contributed by atoms with Gasteiger partial charge in [0.25, 0.3) is 11.5 Å². The number of amides is 1. The fraction of sp³-hybridized carbons (Fsp3) is 0.200. The number of anilines is 1. The number of aromatic nitrogens is 2. The van der Waals surface area contributed by atoms with Crippen molar-refractivity contribution in [1.29, 1.82) is 0 Å². The highest BCUT2D eigenvalue weighted by Crippen LogP contribution is 2.36. The number of hydrogen-bond donors (Lipinski definition) is 1. The second-order valence-electron chi connectivity index (χ2n) is 10.9. The maximum atomic E-state index is 13.8. The number of halogens is 2. The minimum absolute atomic E-state index is 0.181. The van der Waals surface area contributed by atoms with Crippen LogP contribution in [0, 0.1) is 13.8 Å². The Morgan fingerprint density at radius 1 is 1.02 bits per heavy atom. The molecule has 5 aromatic rings. The molecular formula is C35H32Br2N4O4. The molecule has 1 heterocycles. The van der Waals surface area contributed by atoms with Crippen molar-refractivity contribution in [3.05, 3.63) is 114 Å². The van der Waals surface area contributed by atoms with E-state index in [-0.39, 0.29) is 24.0 Å². The Labute approximate surface area is 278 Å². The van der Waals surface area contributed by atoms with Crippen molar-refractivity contribution in [2.45, 2.75) is 33.6 Å². The monoisotopic (exact) mass is 730 g/mol. The molecule has 230 valence electrons. The molecular weight excluding hydrogens is 700 g/mol. The van der Waals surface area contributed by atoms with Gasteiger partial charge in [-0.3, -0.25) is 9.59 Å². The summed E-state index contributed by atoms with van der Waals surface area (Å²) in [5.41, 5.74) is 5.49. The molecule has 0 aliphatic heterocycles. The molecule has 1 aromatic heterocycles. The molecule has 0 atom stereocenters. The number of nitrogens with one attached hydrogen (secondary N) is 1. The average Bonchev–Trinajstić information content (AvgIpc) is 3.01. The predicted octanol–water partition coefficient (Wildman–Crippen LogP) is 8.24. The number of hydrogen-bond acceptors (Lipinski definition) is 6. The highest BCUT2D eigenvalue weighted by molar-refractivity contribution is 9.11. The fourth-order valence-electron chi connectivity index (χ4n) is 4.86. The molecule has 1 amide bonds. The Hall–Kier alpha value is -4.28. The van der Waals surface area contributed by atoms with Crippen LogP contribution in [-0.4, -0.2) is 35.5 Å². The smallest absolute Gasteiger partial charge is 0.282 e. The van der Waals surface area contributed by atoms with Gasteiger partial charge in [0.15, 0.2) is 12.4 Å². The molecule has 5 rings (SSSR count). The van der Waals surface area contributed by atoms with Crippen LogP contribution in [0.2, 0.25) is 0 Å². The Morgan fingerprint density at radius 3 is 2.38 bits per heavy atom. The Kier molecular flexibility index (Phi) is 9.84. The number of fused-ring (bicyclic) bond motifs is 1. The molecule has 10 heteroatoms. The van der Waals surface area contributed by atoms with Crippen molar-refractivity contribution in [2.75, 3.05) is 19.0 Å². The van der Waals surface area contributed by atoms with Crippen LogP contribution in [0.1, 0.15) is 42.0 Å². The van der Waals surface area contributed by atoms with E-state index in [1.54, 1.807) is 31.5 Å². The summed E-state index contributed by atoms with van der Waals surface area (Å²) >= 11 is 7.10. The number of methoxy groups -OCH3 is 1. The molecule has 0 aliphatic carbocycles. The van der Waals surface area contributed by atoms with E-state index in [2.05, 4.69) is 56.1 Å². The quantitative estimate of drug-likeness (QED) is 0.154. The zero-order chi connectivity index (χ0) is 32.2. The molecule has 4 aromatic carbocycles. The summed E-state index contributed by atoms with van der Waals surface area (Å²) in [6.45, 7) is 7.95. The highest BCUT2D eigenvalue weighted by Gasteiger charge is 2.19. The van der Waals surface area contributed by atoms with E-state index < -0.39 is 0 Å². The van der Waals surface area contributed by atoms with Crippen LogP contribution >= 0.6 is 31.9 Å². The second kappa shape index (κ2) is 13.8. The molecule has 8 nitrogen and oxygen atoms in total. The third-order valence-electron chi connectivity index (χ3n) is 7.22. The van der Waals surface area contributed by atoms with E-state index in [0.717, 1.165) is 28.0 Å². The van der Waals surface area contributed by atoms with Crippen molar-refractivity contribution >= 4 is 60.6 Å². The van der Waals surface area contributed by atoms with Gasteiger partial charge in [-0.1, -0.05) is 43.7 Å². The standard InChI is InChI=1S/C35H32Br2N4O4/c1-20(2)26-17-27(22(4)14-31(26)44-5)34-40-30-9-7-6-8-25(30)35(43)41(34)38-18-23-15-28(36)33(29(37)16-23)45-19-32(42)39-24-12-10-21(3)11-13-24/h6-18,20H,19H2,1-5H3,(H,39,42). The van der Waals surface area contributed by atoms with E-state index >= 15 is 0 Å². The van der Waals surface area contributed by atoms with E-state index in [4.69, 9.17) is 14.5 Å². The number of aryl methyl sites for hydroxylation is 2. The zero-order valence-corrected chi connectivity index (χ0v) is 28.7. The van der Waals surface area contributed by atoms with Gasteiger partial charge in [0.2, 0.25) is 0 Å². The van der Waals surface area contributed by atoms with Gasteiger partial charge in [-0.2, -0.15) is 9.78 Å². The Balaban J connectivity index is 1.48. The van der Waals surface area contributed by atoms with Crippen LogP contribution in [-0.2, 0) is 4.79 Å². The van der Waals surface area contributed by atoms with Gasteiger partial charge in [0, 0.05) is 11.3 Å². The molecule has 0 saturated heterocycles. The first kappa shape index (κ1) is 32.1. The minimum Gasteiger partial charge on any atom is -0.496 e. The van der Waals surface area contributed by atoms with Crippen molar-refractivity contribution < 1.29 is 14.3 Å². The first-order valence-corrected chi connectivity index (χ1v) is 15.9. The number of benzene rings is 4. The first-order valence-electron chi connectivity index (χ1n) is 14.3. The van der Waals surface area contributed by atoms with Crippen LogP contribution < -0.4 is 20.3 Å². The Bertz CT molecular complexity index is 1960. The predicted molar refractivity (Wildman–Crippen MR) is 187 cm³/mol. The van der Waals surface area contributed by atoms with Gasteiger partial charge in [-0.25, -0.2) is 4.98 Å². The lowest BCUT2D eigenvalue weighted by Gasteiger charge is -2.17. The third-order valence-corrected chi connectivity index (χ3v) is 8.40. The minimum atomic E-state index is -0.286. The summed E-state index contributed by atoms with van der Waals surface area (Å²) in [6.07, 6.45) is 1.59. The summed E-state index contributed by atoms with van der Waals surface area (Å²) in [5.74, 6) is 1.58. The largest absolute Gasteiger partial charge is 0.496 e. The van der Waals surface area contributed by atoms with Gasteiger partial charge in [-0.05, 0) is 117 Å². The summed E-state index contributed by atoms with van der Waals surface area (Å²) < 4.78 is 14.0. The van der Waals surface area contributed by atoms with Crippen LogP contribution in [0.15, 0.2) is 91.6 Å². The molecule has 0 radical (unpaired) electrons. The number of para-hydroxylation sites is 1. The van der Waals surface area contributed by atoms with Crippen LogP contribution in [0.5, 0.6) is 11.5 Å². The normalized spacial score (nSPS) is 11.4. The molecule has 0 spiro atoms. The lowest BCUT2D eigenvalue weighted by atomic mass is 9.96. The summed E-state index contributed by atoms with van der Waals surface area (Å²) in [6, 6.07) is 22.4. The van der Waals surface area contributed by atoms with Crippen molar-refractivity contribution in [2.24, 2.45) is 5.10 Å². The van der Waals surface area contributed by atoms with E-state index in [0.29, 0.717) is 42.7 Å². The van der Waals surface area contributed by atoms with Gasteiger partial charge in [-0.15, -0.1) is 0 Å². The Morgan fingerprint density at radius 2 is 1.71 bits per heavy atom. The van der Waals surface area contributed by atoms with E-state index in [9.17, 15) is 9.59 Å². The average molecular weight is 732 g/mol. The summed E-state index contributed by atoms with van der Waals surface area (Å²) in [4.78, 5) is 31.2. The van der Waals surface area contributed by atoms with E-state index in [1.165, 1.54) is 4.68 Å². The van der Waals surface area contributed by atoms with Crippen LogP contribution in [0.4, 0.5) is 5.69 Å². The fourth-order valence-corrected chi connectivity index (χ4v) is 6.31. The summed E-state index contributed by atoms with van der Waals surface area (Å²) in [5, 5.41) is 7.92. The second-order valence-corrected chi connectivity index (χ2v) is 12.6. The molecule has 0 unspecified atom stereocenters. The molecule has 0 saturated carbocycles. The van der Waals surface area contributed by atoms with Gasteiger partial charge >= 0.3 is 0 Å². The molecule has 45 heavy (non-hydrogen) atoms. The van der Waals surface area contributed by atoms with Gasteiger partial charge in [0.05, 0.1) is 33.2 Å². The highest BCUT2D eigenvalue weighted by atomic mass is 79.9. The topological polar surface area (TPSA) is 94.8 Å². The van der Waals surface area contributed by atoms with E-state index in [1.807, 2.05) is 68.4 Å². The maximum absolute atomic E-state index is 13.8. The zero-order valence-electron chi connectivity index (χ0n) is 25.5. The maximum Gasteiger partial charge on any atom is 0.282 e. The third kappa shape index (κ3) is 7.18. The lowest BCUT2D eigenvalue weighted by Crippen LogP contribution is -2.21. The lowest BCUT2D eigenvalue weighted by molar-refractivity contribution is -0.118. The SMILES string of the molecule is COc1cc(C)c(-c2nc3ccccc3c(=O)n2N=Cc2cc(Br)c(OCC(=O)Nc3ccc(C)cc3)c(Br)c2)cc1C(C)C.